The Morgan fingerprint density at radius 2 is 2.32 bits per heavy atom. The van der Waals surface area contributed by atoms with Crippen molar-refractivity contribution in [3.63, 3.8) is 0 Å². The van der Waals surface area contributed by atoms with Gasteiger partial charge in [-0.25, -0.2) is 9.42 Å². The van der Waals surface area contributed by atoms with Gasteiger partial charge in [0, 0.05) is 12.2 Å². The molecule has 0 radical (unpaired) electrons. The maximum absolute atomic E-state index is 11.0. The normalized spacial score (nSPS) is 13.6. The van der Waals surface area contributed by atoms with Crippen molar-refractivity contribution in [1.82, 2.24) is 10.3 Å². The van der Waals surface area contributed by atoms with Gasteiger partial charge >= 0.3 is 5.97 Å². The van der Waals surface area contributed by atoms with Gasteiger partial charge in [-0.2, -0.15) is 0 Å². The number of aromatic nitrogens is 2. The van der Waals surface area contributed by atoms with Crippen molar-refractivity contribution < 1.29 is 14.5 Å². The van der Waals surface area contributed by atoms with E-state index in [-0.39, 0.29) is 0 Å². The SMILES string of the molecule is Cc1nonc1CN1CCc2ccc(C(=O)O)cc21. The fourth-order valence-corrected chi connectivity index (χ4v) is 2.32. The zero-order valence-electron chi connectivity index (χ0n) is 10.5. The first-order chi connectivity index (χ1) is 9.15. The number of hydrogen-bond donors (Lipinski definition) is 1. The van der Waals surface area contributed by atoms with Crippen LogP contribution in [0.5, 0.6) is 0 Å². The van der Waals surface area contributed by atoms with E-state index in [0.29, 0.717) is 12.1 Å². The third kappa shape index (κ3) is 2.05. The maximum atomic E-state index is 11.0. The van der Waals surface area contributed by atoms with Crippen LogP contribution in [-0.4, -0.2) is 27.9 Å². The molecule has 98 valence electrons. The van der Waals surface area contributed by atoms with Crippen molar-refractivity contribution in [2.24, 2.45) is 0 Å². The van der Waals surface area contributed by atoms with Crippen LogP contribution in [0.4, 0.5) is 5.69 Å². The quantitative estimate of drug-likeness (QED) is 0.902. The zero-order valence-corrected chi connectivity index (χ0v) is 10.5. The standard InChI is InChI=1S/C13H13N3O3/c1-8-11(15-19-14-8)7-16-5-4-9-2-3-10(13(17)18)6-12(9)16/h2-3,6H,4-5,7H2,1H3,(H,17,18). The summed E-state index contributed by atoms with van der Waals surface area (Å²) in [6.45, 7) is 3.28. The molecule has 1 aliphatic rings. The van der Waals surface area contributed by atoms with Crippen LogP contribution >= 0.6 is 0 Å². The number of aryl methyl sites for hydroxylation is 1. The summed E-state index contributed by atoms with van der Waals surface area (Å²) in [6, 6.07) is 5.24. The van der Waals surface area contributed by atoms with Crippen LogP contribution in [0.3, 0.4) is 0 Å². The first kappa shape index (κ1) is 11.7. The van der Waals surface area contributed by atoms with Gasteiger partial charge in [-0.1, -0.05) is 16.4 Å². The molecule has 0 aliphatic carbocycles. The molecule has 0 saturated heterocycles. The second kappa shape index (κ2) is 4.38. The molecule has 2 heterocycles. The van der Waals surface area contributed by atoms with Crippen molar-refractivity contribution in [3.05, 3.63) is 40.7 Å². The highest BCUT2D eigenvalue weighted by atomic mass is 16.6. The predicted molar refractivity (Wildman–Crippen MR) is 67.2 cm³/mol. The smallest absolute Gasteiger partial charge is 0.335 e. The molecular formula is C13H13N3O3. The molecule has 19 heavy (non-hydrogen) atoms. The van der Waals surface area contributed by atoms with Gasteiger partial charge in [0.05, 0.1) is 12.1 Å². The number of fused-ring (bicyclic) bond motifs is 1. The minimum absolute atomic E-state index is 0.306. The number of carboxylic acids is 1. The van der Waals surface area contributed by atoms with Gasteiger partial charge in [0.25, 0.3) is 0 Å². The highest BCUT2D eigenvalue weighted by Gasteiger charge is 2.22. The maximum Gasteiger partial charge on any atom is 0.335 e. The Kier molecular flexibility index (Phi) is 2.70. The molecule has 6 nitrogen and oxygen atoms in total. The van der Waals surface area contributed by atoms with E-state index in [2.05, 4.69) is 19.8 Å². The summed E-state index contributed by atoms with van der Waals surface area (Å²) in [5.74, 6) is -0.908. The van der Waals surface area contributed by atoms with Gasteiger partial charge < -0.3 is 10.0 Å². The van der Waals surface area contributed by atoms with E-state index in [1.165, 1.54) is 5.56 Å². The van der Waals surface area contributed by atoms with E-state index in [0.717, 1.165) is 30.0 Å². The van der Waals surface area contributed by atoms with Crippen LogP contribution in [0.2, 0.25) is 0 Å². The molecule has 0 saturated carbocycles. The summed E-state index contributed by atoms with van der Waals surface area (Å²) >= 11 is 0. The van der Waals surface area contributed by atoms with Gasteiger partial charge in [-0.15, -0.1) is 0 Å². The van der Waals surface area contributed by atoms with E-state index in [1.54, 1.807) is 12.1 Å². The van der Waals surface area contributed by atoms with E-state index in [1.807, 2.05) is 13.0 Å². The molecule has 1 aromatic carbocycles. The molecular weight excluding hydrogens is 246 g/mol. The topological polar surface area (TPSA) is 79.5 Å². The Labute approximate surface area is 109 Å². The van der Waals surface area contributed by atoms with Crippen molar-refractivity contribution >= 4 is 11.7 Å². The third-order valence-electron chi connectivity index (χ3n) is 3.41. The second-order valence-corrected chi connectivity index (χ2v) is 4.62. The summed E-state index contributed by atoms with van der Waals surface area (Å²) in [4.78, 5) is 13.1. The summed E-state index contributed by atoms with van der Waals surface area (Å²) in [5.41, 5.74) is 3.98. The average molecular weight is 259 g/mol. The second-order valence-electron chi connectivity index (χ2n) is 4.62. The Morgan fingerprint density at radius 3 is 3.00 bits per heavy atom. The first-order valence-corrected chi connectivity index (χ1v) is 6.04. The lowest BCUT2D eigenvalue weighted by Crippen LogP contribution is -2.20. The molecule has 6 heteroatoms. The summed E-state index contributed by atoms with van der Waals surface area (Å²) in [5, 5.41) is 16.7. The Bertz CT molecular complexity index is 636. The molecule has 2 aromatic rings. The summed E-state index contributed by atoms with van der Waals surface area (Å²) in [7, 11) is 0. The van der Waals surface area contributed by atoms with E-state index < -0.39 is 5.97 Å². The average Bonchev–Trinajstić information content (AvgIpc) is 2.97. The van der Waals surface area contributed by atoms with Crippen LogP contribution in [0, 0.1) is 6.92 Å². The molecule has 0 atom stereocenters. The number of carbonyl (C=O) groups is 1. The number of hydrogen-bond acceptors (Lipinski definition) is 5. The highest BCUT2D eigenvalue weighted by molar-refractivity contribution is 5.89. The molecule has 1 N–H and O–H groups in total. The lowest BCUT2D eigenvalue weighted by molar-refractivity contribution is 0.0697. The molecule has 0 spiro atoms. The van der Waals surface area contributed by atoms with E-state index in [4.69, 9.17) is 5.11 Å². The van der Waals surface area contributed by atoms with E-state index >= 15 is 0 Å². The predicted octanol–water partition coefficient (Wildman–Crippen LogP) is 1.64. The Morgan fingerprint density at radius 1 is 1.47 bits per heavy atom. The van der Waals surface area contributed by atoms with Crippen LogP contribution in [0.25, 0.3) is 0 Å². The van der Waals surface area contributed by atoms with Crippen molar-refractivity contribution in [2.75, 3.05) is 11.4 Å². The lowest BCUT2D eigenvalue weighted by Gasteiger charge is -2.18. The number of aromatic carboxylic acids is 1. The molecule has 1 aliphatic heterocycles. The van der Waals surface area contributed by atoms with Crippen LogP contribution < -0.4 is 4.90 Å². The van der Waals surface area contributed by atoms with E-state index in [9.17, 15) is 4.79 Å². The highest BCUT2D eigenvalue weighted by Crippen LogP contribution is 2.30. The van der Waals surface area contributed by atoms with Crippen LogP contribution in [-0.2, 0) is 13.0 Å². The Hall–Kier alpha value is -2.37. The van der Waals surface area contributed by atoms with Crippen molar-refractivity contribution in [1.29, 1.82) is 0 Å². The van der Waals surface area contributed by atoms with Crippen molar-refractivity contribution in [3.8, 4) is 0 Å². The number of nitrogens with zero attached hydrogens (tertiary/aromatic N) is 3. The molecule has 0 unspecified atom stereocenters. The zero-order chi connectivity index (χ0) is 13.4. The van der Waals surface area contributed by atoms with Gasteiger partial charge in [0.2, 0.25) is 0 Å². The molecule has 1 aromatic heterocycles. The van der Waals surface area contributed by atoms with Gasteiger partial charge in [0.1, 0.15) is 11.4 Å². The van der Waals surface area contributed by atoms with Gasteiger partial charge in [0.15, 0.2) is 0 Å². The van der Waals surface area contributed by atoms with Crippen LogP contribution in [0.15, 0.2) is 22.8 Å². The van der Waals surface area contributed by atoms with Gasteiger partial charge in [-0.3, -0.25) is 0 Å². The lowest BCUT2D eigenvalue weighted by atomic mass is 10.1. The minimum atomic E-state index is -0.908. The number of benzene rings is 1. The fraction of sp³-hybridized carbons (Fsp3) is 0.308. The molecule has 0 fully saturated rings. The fourth-order valence-electron chi connectivity index (χ4n) is 2.32. The largest absolute Gasteiger partial charge is 0.478 e. The molecule has 3 rings (SSSR count). The van der Waals surface area contributed by atoms with Gasteiger partial charge in [-0.05, 0) is 31.0 Å². The summed E-state index contributed by atoms with van der Waals surface area (Å²) < 4.78 is 4.68. The molecule has 0 amide bonds. The monoisotopic (exact) mass is 259 g/mol. The number of rotatable bonds is 3. The third-order valence-corrected chi connectivity index (χ3v) is 3.41. The van der Waals surface area contributed by atoms with Crippen molar-refractivity contribution in [2.45, 2.75) is 19.9 Å². The minimum Gasteiger partial charge on any atom is -0.478 e. The Balaban J connectivity index is 1.90. The summed E-state index contributed by atoms with van der Waals surface area (Å²) in [6.07, 6.45) is 0.916. The first-order valence-electron chi connectivity index (χ1n) is 6.04. The molecule has 0 bridgehead atoms. The number of anilines is 1. The number of carboxylic acid groups (broad SMARTS) is 1. The van der Waals surface area contributed by atoms with Crippen LogP contribution in [0.1, 0.15) is 27.3 Å².